The number of nitrogens with one attached hydrogen (secondary N) is 1. The summed E-state index contributed by atoms with van der Waals surface area (Å²) in [4.78, 5) is 15.2. The van der Waals surface area contributed by atoms with Crippen LogP contribution in [0, 0.1) is 5.95 Å². The van der Waals surface area contributed by atoms with E-state index in [1.54, 1.807) is 0 Å². The van der Waals surface area contributed by atoms with E-state index in [0.29, 0.717) is 0 Å². The fourth-order valence-corrected chi connectivity index (χ4v) is 1.96. The fourth-order valence-electron chi connectivity index (χ4n) is 1.36. The fraction of sp³-hybridized carbons (Fsp3) is 0. The van der Waals surface area contributed by atoms with Crippen LogP contribution in [0.15, 0.2) is 30.5 Å². The first-order chi connectivity index (χ1) is 8.99. The number of pyridine rings is 1. The Morgan fingerprint density at radius 1 is 1.16 bits per heavy atom. The second-order valence-electron chi connectivity index (χ2n) is 3.54. The largest absolute Gasteiger partial charge is 0.320 e. The Balaban J connectivity index is 2.30. The molecule has 0 saturated heterocycles. The molecule has 3 nitrogen and oxygen atoms in total. The monoisotopic (exact) mass is 318 g/mol. The van der Waals surface area contributed by atoms with Crippen LogP contribution in [0.2, 0.25) is 15.1 Å². The molecule has 0 aliphatic carbocycles. The molecule has 0 bridgehead atoms. The van der Waals surface area contributed by atoms with Gasteiger partial charge in [-0.15, -0.1) is 0 Å². The smallest absolute Gasteiger partial charge is 0.260 e. The maximum Gasteiger partial charge on any atom is 0.260 e. The highest BCUT2D eigenvalue weighted by molar-refractivity contribution is 6.44. The number of anilines is 1. The van der Waals surface area contributed by atoms with Gasteiger partial charge in [-0.05, 0) is 24.3 Å². The number of nitrogens with zero attached hydrogens (tertiary/aromatic N) is 1. The molecule has 0 unspecified atom stereocenters. The van der Waals surface area contributed by atoms with Gasteiger partial charge < -0.3 is 5.32 Å². The third-order valence-corrected chi connectivity index (χ3v) is 3.30. The molecule has 0 aliphatic rings. The Bertz CT molecular complexity index is 649. The van der Waals surface area contributed by atoms with Crippen LogP contribution in [0.1, 0.15) is 10.4 Å². The van der Waals surface area contributed by atoms with Gasteiger partial charge in [-0.2, -0.15) is 4.39 Å². The van der Waals surface area contributed by atoms with Gasteiger partial charge in [0.15, 0.2) is 0 Å². The van der Waals surface area contributed by atoms with Crippen LogP contribution in [0.4, 0.5) is 10.1 Å². The van der Waals surface area contributed by atoms with E-state index < -0.39 is 11.9 Å². The highest BCUT2D eigenvalue weighted by Crippen LogP contribution is 2.32. The van der Waals surface area contributed by atoms with Gasteiger partial charge in [0.05, 0.1) is 26.3 Å². The lowest BCUT2D eigenvalue weighted by Crippen LogP contribution is -2.14. The molecule has 0 atom stereocenters. The lowest BCUT2D eigenvalue weighted by Gasteiger charge is -2.08. The van der Waals surface area contributed by atoms with E-state index >= 15 is 0 Å². The van der Waals surface area contributed by atoms with Crippen LogP contribution >= 0.6 is 34.8 Å². The van der Waals surface area contributed by atoms with E-state index in [-0.39, 0.29) is 26.3 Å². The van der Waals surface area contributed by atoms with Crippen molar-refractivity contribution in [2.75, 3.05) is 5.32 Å². The number of hydrogen-bond donors (Lipinski definition) is 1. The third kappa shape index (κ3) is 3.15. The zero-order valence-corrected chi connectivity index (χ0v) is 11.5. The maximum atomic E-state index is 13.3. The highest BCUT2D eigenvalue weighted by atomic mass is 35.5. The van der Waals surface area contributed by atoms with Crippen molar-refractivity contribution in [2.24, 2.45) is 0 Å². The van der Waals surface area contributed by atoms with E-state index in [2.05, 4.69) is 10.3 Å². The first-order valence-electron chi connectivity index (χ1n) is 5.05. The summed E-state index contributed by atoms with van der Waals surface area (Å²) in [6.07, 6.45) is 1.25. The van der Waals surface area contributed by atoms with E-state index in [9.17, 15) is 9.18 Å². The zero-order valence-electron chi connectivity index (χ0n) is 9.25. The minimum atomic E-state index is -0.865. The molecule has 0 aliphatic heterocycles. The van der Waals surface area contributed by atoms with Gasteiger partial charge >= 0.3 is 0 Å². The molecule has 0 fully saturated rings. The summed E-state index contributed by atoms with van der Waals surface area (Å²) in [7, 11) is 0. The predicted octanol–water partition coefficient (Wildman–Crippen LogP) is 4.43. The second-order valence-corrected chi connectivity index (χ2v) is 4.76. The molecule has 0 saturated carbocycles. The molecular weight excluding hydrogens is 314 g/mol. The van der Waals surface area contributed by atoms with Crippen molar-refractivity contribution < 1.29 is 9.18 Å². The van der Waals surface area contributed by atoms with Crippen LogP contribution in [-0.2, 0) is 0 Å². The van der Waals surface area contributed by atoms with Crippen molar-refractivity contribution in [3.05, 3.63) is 57.0 Å². The average molecular weight is 320 g/mol. The Morgan fingerprint density at radius 2 is 1.84 bits per heavy atom. The average Bonchev–Trinajstić information content (AvgIpc) is 2.36. The van der Waals surface area contributed by atoms with Crippen molar-refractivity contribution in [1.29, 1.82) is 0 Å². The standard InChI is InChI=1S/C12H6Cl3FN2O/c13-7-4-9(15)10(5-8(7)14)18-12(19)6-2-1-3-17-11(6)16/h1-5H,(H,18,19). The molecule has 1 aromatic carbocycles. The number of halogens is 4. The zero-order chi connectivity index (χ0) is 14.0. The molecule has 1 aromatic heterocycles. The second kappa shape index (κ2) is 5.74. The van der Waals surface area contributed by atoms with Gasteiger partial charge in [-0.25, -0.2) is 4.98 Å². The molecule has 98 valence electrons. The maximum absolute atomic E-state index is 13.3. The molecule has 2 rings (SSSR count). The third-order valence-electron chi connectivity index (χ3n) is 2.26. The van der Waals surface area contributed by atoms with Crippen molar-refractivity contribution in [1.82, 2.24) is 4.98 Å². The molecule has 2 aromatic rings. The van der Waals surface area contributed by atoms with Crippen LogP contribution in [0.25, 0.3) is 0 Å². The quantitative estimate of drug-likeness (QED) is 0.657. The van der Waals surface area contributed by atoms with Crippen molar-refractivity contribution in [3.8, 4) is 0 Å². The Kier molecular flexibility index (Phi) is 4.24. The van der Waals surface area contributed by atoms with Gasteiger partial charge in [-0.3, -0.25) is 4.79 Å². The number of carbonyl (C=O) groups excluding carboxylic acids is 1. The molecule has 1 N–H and O–H groups in total. The minimum Gasteiger partial charge on any atom is -0.320 e. The molecule has 1 heterocycles. The number of hydrogen-bond acceptors (Lipinski definition) is 2. The molecular formula is C12H6Cl3FN2O. The van der Waals surface area contributed by atoms with Crippen LogP contribution in [-0.4, -0.2) is 10.9 Å². The number of aromatic nitrogens is 1. The van der Waals surface area contributed by atoms with Crippen LogP contribution < -0.4 is 5.32 Å². The Hall–Kier alpha value is -1.36. The summed E-state index contributed by atoms with van der Waals surface area (Å²) in [6, 6.07) is 5.54. The summed E-state index contributed by atoms with van der Waals surface area (Å²) < 4.78 is 13.3. The normalized spacial score (nSPS) is 10.3. The SMILES string of the molecule is O=C(Nc1cc(Cl)c(Cl)cc1Cl)c1cccnc1F. The summed E-state index contributed by atoms with van der Waals surface area (Å²) in [5.41, 5.74) is 0.0500. The summed E-state index contributed by atoms with van der Waals surface area (Å²) in [5.74, 6) is -1.54. The minimum absolute atomic E-state index is 0.190. The Labute approximate surface area is 123 Å². The molecule has 0 radical (unpaired) electrons. The van der Waals surface area contributed by atoms with E-state index in [1.807, 2.05) is 0 Å². The van der Waals surface area contributed by atoms with Gasteiger partial charge in [0.25, 0.3) is 5.91 Å². The Morgan fingerprint density at radius 3 is 2.53 bits per heavy atom. The number of benzene rings is 1. The molecule has 19 heavy (non-hydrogen) atoms. The first-order valence-corrected chi connectivity index (χ1v) is 6.19. The molecule has 1 amide bonds. The van der Waals surface area contributed by atoms with Gasteiger partial charge in [-0.1, -0.05) is 34.8 Å². The number of amides is 1. The highest BCUT2D eigenvalue weighted by Gasteiger charge is 2.14. The summed E-state index contributed by atoms with van der Waals surface area (Å²) in [5, 5.41) is 3.13. The molecule has 7 heteroatoms. The predicted molar refractivity (Wildman–Crippen MR) is 73.6 cm³/mol. The van der Waals surface area contributed by atoms with E-state index in [0.717, 1.165) is 0 Å². The van der Waals surface area contributed by atoms with Crippen molar-refractivity contribution in [2.45, 2.75) is 0 Å². The number of carbonyl (C=O) groups is 1. The topological polar surface area (TPSA) is 42.0 Å². The van der Waals surface area contributed by atoms with Crippen LogP contribution in [0.3, 0.4) is 0 Å². The van der Waals surface area contributed by atoms with E-state index in [1.165, 1.54) is 30.5 Å². The molecule has 0 spiro atoms. The van der Waals surface area contributed by atoms with Gasteiger partial charge in [0, 0.05) is 6.20 Å². The summed E-state index contributed by atoms with van der Waals surface area (Å²) in [6.45, 7) is 0. The van der Waals surface area contributed by atoms with Crippen LogP contribution in [0.5, 0.6) is 0 Å². The summed E-state index contributed by atoms with van der Waals surface area (Å²) >= 11 is 17.5. The van der Waals surface area contributed by atoms with Gasteiger partial charge in [0.2, 0.25) is 5.95 Å². The van der Waals surface area contributed by atoms with Crippen molar-refractivity contribution >= 4 is 46.4 Å². The van der Waals surface area contributed by atoms with Gasteiger partial charge in [0.1, 0.15) is 0 Å². The number of rotatable bonds is 2. The van der Waals surface area contributed by atoms with E-state index in [4.69, 9.17) is 34.8 Å². The lowest BCUT2D eigenvalue weighted by molar-refractivity contribution is 0.102. The first kappa shape index (κ1) is 14.1. The lowest BCUT2D eigenvalue weighted by atomic mass is 10.2. The van der Waals surface area contributed by atoms with Crippen molar-refractivity contribution in [3.63, 3.8) is 0 Å².